The lowest BCUT2D eigenvalue weighted by Crippen LogP contribution is -2.34. The summed E-state index contributed by atoms with van der Waals surface area (Å²) in [6.07, 6.45) is 3.39. The van der Waals surface area contributed by atoms with Gasteiger partial charge in [-0.2, -0.15) is 4.31 Å². The van der Waals surface area contributed by atoms with Crippen LogP contribution in [-0.2, 0) is 10.0 Å². The Kier molecular flexibility index (Phi) is 4.50. The zero-order valence-corrected chi connectivity index (χ0v) is 13.7. The van der Waals surface area contributed by atoms with Gasteiger partial charge in [-0.15, -0.1) is 0 Å². The largest absolute Gasteiger partial charge is 0.359 e. The molecule has 3 rings (SSSR count). The molecule has 1 fully saturated rings. The van der Waals surface area contributed by atoms with Crippen LogP contribution in [-0.4, -0.2) is 24.4 Å². The molecule has 1 aromatic carbocycles. The number of benzene rings is 1. The van der Waals surface area contributed by atoms with Crippen LogP contribution in [0.25, 0.3) is 0 Å². The van der Waals surface area contributed by atoms with Crippen molar-refractivity contribution in [1.82, 2.24) is 9.46 Å². The number of hydrogen-bond donors (Lipinski definition) is 0. The van der Waals surface area contributed by atoms with E-state index in [4.69, 9.17) is 4.52 Å². The fourth-order valence-electron chi connectivity index (χ4n) is 2.94. The van der Waals surface area contributed by atoms with Gasteiger partial charge in [-0.3, -0.25) is 0 Å². The van der Waals surface area contributed by atoms with E-state index in [2.05, 4.69) is 5.16 Å². The summed E-state index contributed by atoms with van der Waals surface area (Å²) < 4.78 is 45.9. The van der Waals surface area contributed by atoms with E-state index in [9.17, 15) is 12.8 Å². The van der Waals surface area contributed by atoms with Gasteiger partial charge in [0.2, 0.25) is 10.0 Å². The van der Waals surface area contributed by atoms with Crippen molar-refractivity contribution in [2.75, 3.05) is 6.54 Å². The van der Waals surface area contributed by atoms with Crippen LogP contribution in [0.1, 0.15) is 43.2 Å². The highest BCUT2D eigenvalue weighted by molar-refractivity contribution is 7.89. The maximum absolute atomic E-state index is 13.1. The van der Waals surface area contributed by atoms with Crippen molar-refractivity contribution in [3.8, 4) is 0 Å². The molecule has 0 unspecified atom stereocenters. The monoisotopic (exact) mass is 338 g/mol. The lowest BCUT2D eigenvalue weighted by molar-refractivity contribution is 0.258. The number of nitrogens with zero attached hydrogens (tertiary/aromatic N) is 2. The van der Waals surface area contributed by atoms with Gasteiger partial charge >= 0.3 is 0 Å². The van der Waals surface area contributed by atoms with Crippen LogP contribution in [0.4, 0.5) is 4.39 Å². The normalized spacial score (nSPS) is 20.3. The summed E-state index contributed by atoms with van der Waals surface area (Å²) in [5.41, 5.74) is 0.725. The summed E-state index contributed by atoms with van der Waals surface area (Å²) in [5, 5.41) is 3.88. The van der Waals surface area contributed by atoms with Gasteiger partial charge in [0, 0.05) is 12.6 Å². The number of aromatic nitrogens is 1. The van der Waals surface area contributed by atoms with E-state index in [1.165, 1.54) is 16.4 Å². The summed E-state index contributed by atoms with van der Waals surface area (Å²) in [6, 6.07) is 6.35. The lowest BCUT2D eigenvalue weighted by atomic mass is 10.1. The Morgan fingerprint density at radius 2 is 1.96 bits per heavy atom. The van der Waals surface area contributed by atoms with E-state index < -0.39 is 15.8 Å². The first-order valence-electron chi connectivity index (χ1n) is 7.69. The quantitative estimate of drug-likeness (QED) is 0.860. The molecule has 0 saturated carbocycles. The fraction of sp³-hybridized carbons (Fsp3) is 0.438. The Bertz CT molecular complexity index is 771. The van der Waals surface area contributed by atoms with Crippen molar-refractivity contribution in [3.63, 3.8) is 0 Å². The predicted octanol–water partition coefficient (Wildman–Crippen LogP) is 3.43. The standard InChI is InChI=1S/C16H19FN2O3S/c1-12-11-16(22-18-12)15-5-3-2-4-10-19(15)23(20,21)14-8-6-13(17)7-9-14/h6-9,11,15H,2-5,10H2,1H3/t15-/m1/s1. The second kappa shape index (κ2) is 6.41. The van der Waals surface area contributed by atoms with Gasteiger partial charge in [0.05, 0.1) is 16.6 Å². The molecule has 23 heavy (non-hydrogen) atoms. The highest BCUT2D eigenvalue weighted by atomic mass is 32.2. The van der Waals surface area contributed by atoms with E-state index in [0.717, 1.165) is 37.1 Å². The third-order valence-electron chi connectivity index (χ3n) is 4.10. The summed E-state index contributed by atoms with van der Waals surface area (Å²) >= 11 is 0. The molecule has 1 atom stereocenters. The Hall–Kier alpha value is -1.73. The minimum absolute atomic E-state index is 0.0991. The first kappa shape index (κ1) is 16.1. The molecule has 0 bridgehead atoms. The third-order valence-corrected chi connectivity index (χ3v) is 6.02. The molecule has 1 aliphatic rings. The van der Waals surface area contributed by atoms with Crippen molar-refractivity contribution in [2.45, 2.75) is 43.5 Å². The average Bonchev–Trinajstić information content (AvgIpc) is 2.80. The molecule has 2 heterocycles. The molecular weight excluding hydrogens is 319 g/mol. The molecule has 0 radical (unpaired) electrons. The molecule has 5 nitrogen and oxygen atoms in total. The maximum atomic E-state index is 13.1. The smallest absolute Gasteiger partial charge is 0.243 e. The van der Waals surface area contributed by atoms with E-state index in [1.807, 2.05) is 6.92 Å². The van der Waals surface area contributed by atoms with Gasteiger partial charge in [-0.05, 0) is 44.0 Å². The highest BCUT2D eigenvalue weighted by Gasteiger charge is 2.35. The number of halogens is 1. The summed E-state index contributed by atoms with van der Waals surface area (Å²) in [6.45, 7) is 2.23. The molecule has 0 amide bonds. The van der Waals surface area contributed by atoms with E-state index in [0.29, 0.717) is 18.7 Å². The molecular formula is C16H19FN2O3S. The minimum atomic E-state index is -3.71. The Balaban J connectivity index is 2.00. The molecule has 0 spiro atoms. The SMILES string of the molecule is Cc1cc([C@H]2CCCCCN2S(=O)(=O)c2ccc(F)cc2)on1. The average molecular weight is 338 g/mol. The van der Waals surface area contributed by atoms with Crippen molar-refractivity contribution in [3.05, 3.63) is 47.6 Å². The molecule has 0 N–H and O–H groups in total. The predicted molar refractivity (Wildman–Crippen MR) is 82.7 cm³/mol. The molecule has 1 saturated heterocycles. The molecule has 1 aromatic heterocycles. The summed E-state index contributed by atoms with van der Waals surface area (Å²) in [5.74, 6) is 0.109. The molecule has 2 aromatic rings. The van der Waals surface area contributed by atoms with Gasteiger partial charge < -0.3 is 4.52 Å². The van der Waals surface area contributed by atoms with Crippen molar-refractivity contribution < 1.29 is 17.3 Å². The van der Waals surface area contributed by atoms with Gasteiger partial charge in [-0.1, -0.05) is 18.0 Å². The van der Waals surface area contributed by atoms with Crippen molar-refractivity contribution in [2.24, 2.45) is 0 Å². The molecule has 7 heteroatoms. The summed E-state index contributed by atoms with van der Waals surface area (Å²) in [7, 11) is -3.71. The zero-order chi connectivity index (χ0) is 16.4. The van der Waals surface area contributed by atoms with Crippen molar-refractivity contribution >= 4 is 10.0 Å². The highest BCUT2D eigenvalue weighted by Crippen LogP contribution is 2.34. The Morgan fingerprint density at radius 1 is 1.22 bits per heavy atom. The van der Waals surface area contributed by atoms with Crippen LogP contribution in [0.5, 0.6) is 0 Å². The molecule has 124 valence electrons. The van der Waals surface area contributed by atoms with Crippen LogP contribution in [0.2, 0.25) is 0 Å². The number of hydrogen-bond acceptors (Lipinski definition) is 4. The number of sulfonamides is 1. The van der Waals surface area contributed by atoms with Crippen molar-refractivity contribution in [1.29, 1.82) is 0 Å². The number of aryl methyl sites for hydroxylation is 1. The van der Waals surface area contributed by atoms with Crippen LogP contribution in [0.15, 0.2) is 39.8 Å². The molecule has 0 aliphatic carbocycles. The molecule has 1 aliphatic heterocycles. The van der Waals surface area contributed by atoms with E-state index in [-0.39, 0.29) is 10.9 Å². The van der Waals surface area contributed by atoms with Crippen LogP contribution >= 0.6 is 0 Å². The van der Waals surface area contributed by atoms with E-state index >= 15 is 0 Å². The van der Waals surface area contributed by atoms with Gasteiger partial charge in [0.25, 0.3) is 0 Å². The van der Waals surface area contributed by atoms with Crippen LogP contribution in [0.3, 0.4) is 0 Å². The lowest BCUT2D eigenvalue weighted by Gasteiger charge is -2.27. The maximum Gasteiger partial charge on any atom is 0.243 e. The second-order valence-corrected chi connectivity index (χ2v) is 7.70. The zero-order valence-electron chi connectivity index (χ0n) is 12.9. The van der Waals surface area contributed by atoms with Gasteiger partial charge in [-0.25, -0.2) is 12.8 Å². The van der Waals surface area contributed by atoms with Gasteiger partial charge in [0.1, 0.15) is 5.82 Å². The summed E-state index contributed by atoms with van der Waals surface area (Å²) in [4.78, 5) is 0.0991. The Morgan fingerprint density at radius 3 is 2.61 bits per heavy atom. The topological polar surface area (TPSA) is 63.4 Å². The third kappa shape index (κ3) is 3.30. The van der Waals surface area contributed by atoms with E-state index in [1.54, 1.807) is 6.07 Å². The first-order chi connectivity index (χ1) is 11.0. The van der Waals surface area contributed by atoms with Crippen LogP contribution < -0.4 is 0 Å². The fourth-order valence-corrected chi connectivity index (χ4v) is 4.60. The number of rotatable bonds is 3. The minimum Gasteiger partial charge on any atom is -0.359 e. The van der Waals surface area contributed by atoms with Crippen LogP contribution in [0, 0.1) is 12.7 Å². The second-order valence-electron chi connectivity index (χ2n) is 5.81. The van der Waals surface area contributed by atoms with Gasteiger partial charge in [0.15, 0.2) is 5.76 Å². The first-order valence-corrected chi connectivity index (χ1v) is 9.13. The Labute approximate surface area is 135 Å².